The first-order chi connectivity index (χ1) is 13.0. The van der Waals surface area contributed by atoms with Crippen LogP contribution in [-0.2, 0) is 4.79 Å². The molecule has 0 unspecified atom stereocenters. The zero-order valence-corrected chi connectivity index (χ0v) is 16.0. The molecule has 1 N–H and O–H groups in total. The van der Waals surface area contributed by atoms with Crippen LogP contribution in [0.2, 0.25) is 0 Å². The molecule has 0 aliphatic carbocycles. The zero-order valence-electron chi connectivity index (χ0n) is 16.0. The van der Waals surface area contributed by atoms with Gasteiger partial charge in [-0.1, -0.05) is 31.2 Å². The first-order valence-electron chi connectivity index (χ1n) is 9.54. The van der Waals surface area contributed by atoms with Crippen molar-refractivity contribution in [2.75, 3.05) is 24.6 Å². The van der Waals surface area contributed by atoms with Gasteiger partial charge in [-0.3, -0.25) is 4.79 Å². The van der Waals surface area contributed by atoms with E-state index in [4.69, 9.17) is 4.74 Å². The van der Waals surface area contributed by atoms with Crippen LogP contribution in [0.4, 0.5) is 10.1 Å². The van der Waals surface area contributed by atoms with Crippen LogP contribution in [0, 0.1) is 11.7 Å². The van der Waals surface area contributed by atoms with Crippen LogP contribution in [0.1, 0.15) is 38.3 Å². The van der Waals surface area contributed by atoms with E-state index in [0.29, 0.717) is 0 Å². The fraction of sp³-hybridized carbons (Fsp3) is 0.409. The summed E-state index contributed by atoms with van der Waals surface area (Å²) >= 11 is 0. The number of anilines is 1. The lowest BCUT2D eigenvalue weighted by atomic mass is 9.99. The molecule has 1 fully saturated rings. The summed E-state index contributed by atoms with van der Waals surface area (Å²) < 4.78 is 18.8. The normalized spacial score (nSPS) is 18.0. The Balaban J connectivity index is 1.52. The van der Waals surface area contributed by atoms with Crippen LogP contribution in [0.15, 0.2) is 48.5 Å². The summed E-state index contributed by atoms with van der Waals surface area (Å²) in [7, 11) is 0. The van der Waals surface area contributed by atoms with Crippen molar-refractivity contribution in [2.45, 2.75) is 32.7 Å². The van der Waals surface area contributed by atoms with E-state index in [1.807, 2.05) is 6.92 Å². The Kier molecular flexibility index (Phi) is 6.32. The van der Waals surface area contributed by atoms with Crippen molar-refractivity contribution < 1.29 is 13.9 Å². The molecular formula is C22H27FN2O2. The van der Waals surface area contributed by atoms with Crippen molar-refractivity contribution >= 4 is 11.6 Å². The average Bonchev–Trinajstić information content (AvgIpc) is 2.67. The average molecular weight is 370 g/mol. The number of nitrogens with one attached hydrogen (secondary N) is 1. The van der Waals surface area contributed by atoms with Crippen molar-refractivity contribution in [1.29, 1.82) is 0 Å². The molecule has 4 nitrogen and oxygen atoms in total. The number of carbonyl (C=O) groups is 1. The van der Waals surface area contributed by atoms with Gasteiger partial charge in [0.15, 0.2) is 18.2 Å². The van der Waals surface area contributed by atoms with Crippen LogP contribution in [0.25, 0.3) is 0 Å². The third-order valence-electron chi connectivity index (χ3n) is 4.99. The molecule has 0 bridgehead atoms. The molecule has 2 aromatic rings. The van der Waals surface area contributed by atoms with E-state index in [2.05, 4.69) is 41.4 Å². The summed E-state index contributed by atoms with van der Waals surface area (Å²) in [4.78, 5) is 14.5. The number of ether oxygens (including phenoxy) is 1. The van der Waals surface area contributed by atoms with Crippen molar-refractivity contribution in [3.8, 4) is 5.75 Å². The molecule has 1 aliphatic rings. The Morgan fingerprint density at radius 2 is 2.00 bits per heavy atom. The largest absolute Gasteiger partial charge is 0.481 e. The molecule has 2 atom stereocenters. The number of amides is 1. The molecule has 1 amide bonds. The van der Waals surface area contributed by atoms with Crippen molar-refractivity contribution in [3.05, 3.63) is 59.9 Å². The molecule has 27 heavy (non-hydrogen) atoms. The third kappa shape index (κ3) is 5.22. The molecule has 0 radical (unpaired) electrons. The van der Waals surface area contributed by atoms with Crippen LogP contribution >= 0.6 is 0 Å². The van der Waals surface area contributed by atoms with E-state index in [9.17, 15) is 9.18 Å². The molecular weight excluding hydrogens is 343 g/mol. The Labute approximate surface area is 160 Å². The van der Waals surface area contributed by atoms with Crippen LogP contribution in [0.3, 0.4) is 0 Å². The maximum atomic E-state index is 13.5. The molecule has 2 aromatic carbocycles. The number of hydrogen-bond donors (Lipinski definition) is 1. The van der Waals surface area contributed by atoms with E-state index < -0.39 is 5.82 Å². The summed E-state index contributed by atoms with van der Waals surface area (Å²) in [5, 5.41) is 2.89. The van der Waals surface area contributed by atoms with Gasteiger partial charge in [0.25, 0.3) is 5.91 Å². The molecule has 1 aliphatic heterocycles. The number of para-hydroxylation sites is 1. The van der Waals surface area contributed by atoms with Gasteiger partial charge in [-0.05, 0) is 55.5 Å². The van der Waals surface area contributed by atoms with Gasteiger partial charge in [-0.25, -0.2) is 4.39 Å². The van der Waals surface area contributed by atoms with E-state index >= 15 is 0 Å². The van der Waals surface area contributed by atoms with Gasteiger partial charge in [0.2, 0.25) is 0 Å². The second-order valence-electron chi connectivity index (χ2n) is 7.29. The lowest BCUT2D eigenvalue weighted by molar-refractivity contribution is -0.123. The van der Waals surface area contributed by atoms with Crippen LogP contribution in [0.5, 0.6) is 5.75 Å². The Morgan fingerprint density at radius 1 is 1.26 bits per heavy atom. The summed E-state index contributed by atoms with van der Waals surface area (Å²) in [6, 6.07) is 14.3. The summed E-state index contributed by atoms with van der Waals surface area (Å²) in [6.07, 6.45) is 2.53. The van der Waals surface area contributed by atoms with Gasteiger partial charge in [-0.2, -0.15) is 0 Å². The second-order valence-corrected chi connectivity index (χ2v) is 7.29. The molecule has 0 spiro atoms. The number of halogens is 1. The highest BCUT2D eigenvalue weighted by molar-refractivity contribution is 5.78. The van der Waals surface area contributed by atoms with Gasteiger partial charge >= 0.3 is 0 Å². The molecule has 1 saturated heterocycles. The quantitative estimate of drug-likeness (QED) is 0.823. The highest BCUT2D eigenvalue weighted by Crippen LogP contribution is 2.24. The molecule has 0 saturated carbocycles. The van der Waals surface area contributed by atoms with Gasteiger partial charge in [-0.15, -0.1) is 0 Å². The SMILES string of the molecule is C[C@@H]1CCCN(c2ccc([C@@H](C)NC(=O)COc3ccccc3F)cc2)C1. The molecule has 1 heterocycles. The van der Waals surface area contributed by atoms with E-state index in [1.54, 1.807) is 12.1 Å². The Bertz CT molecular complexity index is 763. The number of nitrogens with zero attached hydrogens (tertiary/aromatic N) is 1. The first-order valence-corrected chi connectivity index (χ1v) is 9.54. The maximum absolute atomic E-state index is 13.5. The van der Waals surface area contributed by atoms with Crippen molar-refractivity contribution in [2.24, 2.45) is 5.92 Å². The Hall–Kier alpha value is -2.56. The highest BCUT2D eigenvalue weighted by Gasteiger charge is 2.17. The number of carbonyl (C=O) groups excluding carboxylic acids is 1. The third-order valence-corrected chi connectivity index (χ3v) is 4.99. The van der Waals surface area contributed by atoms with Gasteiger partial charge in [0, 0.05) is 18.8 Å². The van der Waals surface area contributed by atoms with Crippen molar-refractivity contribution in [3.63, 3.8) is 0 Å². The summed E-state index contributed by atoms with van der Waals surface area (Å²) in [5.41, 5.74) is 2.26. The predicted octanol–water partition coefficient (Wildman–Crippen LogP) is 4.32. The summed E-state index contributed by atoms with van der Waals surface area (Å²) in [6.45, 7) is 6.21. The summed E-state index contributed by atoms with van der Waals surface area (Å²) in [5.74, 6) is 0.0622. The molecule has 0 aromatic heterocycles. The van der Waals surface area contributed by atoms with Crippen LogP contribution < -0.4 is 15.0 Å². The minimum Gasteiger partial charge on any atom is -0.481 e. The van der Waals surface area contributed by atoms with Crippen LogP contribution in [-0.4, -0.2) is 25.6 Å². The number of piperidine rings is 1. The lowest BCUT2D eigenvalue weighted by Crippen LogP contribution is -2.34. The zero-order chi connectivity index (χ0) is 19.2. The van der Waals surface area contributed by atoms with E-state index in [0.717, 1.165) is 24.6 Å². The number of hydrogen-bond acceptors (Lipinski definition) is 3. The maximum Gasteiger partial charge on any atom is 0.258 e. The van der Waals surface area contributed by atoms with Gasteiger partial charge in [0.1, 0.15) is 0 Å². The standard InChI is InChI=1S/C22H27FN2O2/c1-16-6-5-13-25(14-16)19-11-9-18(10-12-19)17(2)24-22(26)15-27-21-8-4-3-7-20(21)23/h3-4,7-12,16-17H,5-6,13-15H2,1-2H3,(H,24,26)/t16-,17-/m1/s1. The molecule has 144 valence electrons. The fourth-order valence-corrected chi connectivity index (χ4v) is 3.47. The van der Waals surface area contributed by atoms with E-state index in [1.165, 1.54) is 30.7 Å². The topological polar surface area (TPSA) is 41.6 Å². The van der Waals surface area contributed by atoms with E-state index in [-0.39, 0.29) is 24.3 Å². The lowest BCUT2D eigenvalue weighted by Gasteiger charge is -2.33. The predicted molar refractivity (Wildman–Crippen MR) is 106 cm³/mol. The fourth-order valence-electron chi connectivity index (χ4n) is 3.47. The highest BCUT2D eigenvalue weighted by atomic mass is 19.1. The first kappa shape index (κ1) is 19.2. The minimum atomic E-state index is -0.471. The number of rotatable bonds is 6. The van der Waals surface area contributed by atoms with Gasteiger partial charge < -0.3 is 15.0 Å². The monoisotopic (exact) mass is 370 g/mol. The minimum absolute atomic E-state index is 0.0837. The second kappa shape index (κ2) is 8.89. The number of benzene rings is 2. The molecule has 3 rings (SSSR count). The Morgan fingerprint density at radius 3 is 2.70 bits per heavy atom. The molecule has 5 heteroatoms. The van der Waals surface area contributed by atoms with Gasteiger partial charge in [0.05, 0.1) is 6.04 Å². The van der Waals surface area contributed by atoms with Crippen molar-refractivity contribution in [1.82, 2.24) is 5.32 Å². The smallest absolute Gasteiger partial charge is 0.258 e.